The van der Waals surface area contributed by atoms with E-state index in [4.69, 9.17) is 18.6 Å². The van der Waals surface area contributed by atoms with Gasteiger partial charge in [-0.15, -0.1) is 0 Å². The molecule has 0 unspecified atom stereocenters. The maximum atomic E-state index is 5.86. The molecule has 1 N–H and O–H groups in total. The Hall–Kier alpha value is -2.73. The first-order chi connectivity index (χ1) is 11.3. The SMILES string of the molecule is CCOCc1oc2cnccc2c1Nc1ccc2c(c1)OCO2. The Morgan fingerprint density at radius 2 is 2.13 bits per heavy atom. The Labute approximate surface area is 133 Å². The zero-order valence-corrected chi connectivity index (χ0v) is 12.7. The Kier molecular flexibility index (Phi) is 3.51. The summed E-state index contributed by atoms with van der Waals surface area (Å²) in [5, 5.41) is 4.36. The molecule has 0 amide bonds. The van der Waals surface area contributed by atoms with Gasteiger partial charge in [-0.25, -0.2) is 0 Å². The number of nitrogens with zero attached hydrogens (tertiary/aromatic N) is 1. The van der Waals surface area contributed by atoms with Crippen LogP contribution in [0.5, 0.6) is 11.5 Å². The number of fused-ring (bicyclic) bond motifs is 2. The van der Waals surface area contributed by atoms with Crippen LogP contribution >= 0.6 is 0 Å². The van der Waals surface area contributed by atoms with Gasteiger partial charge in [-0.05, 0) is 25.1 Å². The number of rotatable bonds is 5. The molecule has 1 aliphatic rings. The monoisotopic (exact) mass is 312 g/mol. The molecule has 118 valence electrons. The molecule has 2 aromatic heterocycles. The van der Waals surface area contributed by atoms with Crippen LogP contribution in [0.1, 0.15) is 12.7 Å². The molecule has 0 saturated carbocycles. The maximum Gasteiger partial charge on any atom is 0.231 e. The van der Waals surface area contributed by atoms with Gasteiger partial charge in [-0.2, -0.15) is 0 Å². The van der Waals surface area contributed by atoms with Crippen LogP contribution in [-0.4, -0.2) is 18.4 Å². The van der Waals surface area contributed by atoms with Gasteiger partial charge in [-0.3, -0.25) is 4.98 Å². The fourth-order valence-corrected chi connectivity index (χ4v) is 2.55. The molecular weight excluding hydrogens is 296 g/mol. The van der Waals surface area contributed by atoms with E-state index in [-0.39, 0.29) is 6.79 Å². The summed E-state index contributed by atoms with van der Waals surface area (Å²) in [5.41, 5.74) is 2.51. The second-order valence-electron chi connectivity index (χ2n) is 5.10. The van der Waals surface area contributed by atoms with Crippen LogP contribution in [0, 0.1) is 0 Å². The van der Waals surface area contributed by atoms with Crippen molar-refractivity contribution in [2.24, 2.45) is 0 Å². The van der Waals surface area contributed by atoms with Crippen molar-refractivity contribution in [2.75, 3.05) is 18.7 Å². The number of benzene rings is 1. The molecule has 0 bridgehead atoms. The molecular formula is C17H16N2O4. The van der Waals surface area contributed by atoms with E-state index in [9.17, 15) is 0 Å². The number of furan rings is 1. The number of anilines is 2. The van der Waals surface area contributed by atoms with Crippen molar-refractivity contribution in [1.82, 2.24) is 4.98 Å². The summed E-state index contributed by atoms with van der Waals surface area (Å²) in [6.45, 7) is 3.24. The van der Waals surface area contributed by atoms with Gasteiger partial charge in [0.25, 0.3) is 0 Å². The molecule has 0 aliphatic carbocycles. The van der Waals surface area contributed by atoms with Gasteiger partial charge in [0.2, 0.25) is 6.79 Å². The predicted octanol–water partition coefficient (Wildman–Crippen LogP) is 3.84. The molecule has 0 atom stereocenters. The van der Waals surface area contributed by atoms with Crippen molar-refractivity contribution in [3.8, 4) is 11.5 Å². The van der Waals surface area contributed by atoms with Crippen molar-refractivity contribution < 1.29 is 18.6 Å². The molecule has 23 heavy (non-hydrogen) atoms. The normalized spacial score (nSPS) is 12.7. The lowest BCUT2D eigenvalue weighted by molar-refractivity contribution is 0.120. The average Bonchev–Trinajstić information content (AvgIpc) is 3.17. The molecule has 6 heteroatoms. The summed E-state index contributed by atoms with van der Waals surface area (Å²) >= 11 is 0. The van der Waals surface area contributed by atoms with Gasteiger partial charge in [0.1, 0.15) is 6.61 Å². The van der Waals surface area contributed by atoms with Crippen molar-refractivity contribution in [1.29, 1.82) is 0 Å². The zero-order valence-electron chi connectivity index (χ0n) is 12.7. The van der Waals surface area contributed by atoms with Crippen molar-refractivity contribution in [2.45, 2.75) is 13.5 Å². The minimum Gasteiger partial charge on any atom is -0.455 e. The van der Waals surface area contributed by atoms with Crippen LogP contribution in [0.25, 0.3) is 11.0 Å². The largest absolute Gasteiger partial charge is 0.455 e. The minimum atomic E-state index is 0.259. The summed E-state index contributed by atoms with van der Waals surface area (Å²) in [7, 11) is 0. The Bertz CT molecular complexity index is 844. The summed E-state index contributed by atoms with van der Waals surface area (Å²) in [6, 6.07) is 7.66. The van der Waals surface area contributed by atoms with Crippen molar-refractivity contribution >= 4 is 22.3 Å². The van der Waals surface area contributed by atoms with Gasteiger partial charge < -0.3 is 23.9 Å². The molecule has 3 aromatic rings. The lowest BCUT2D eigenvalue weighted by Gasteiger charge is -2.08. The summed E-state index contributed by atoms with van der Waals surface area (Å²) in [6.07, 6.45) is 3.45. The van der Waals surface area contributed by atoms with E-state index in [0.717, 1.165) is 39.6 Å². The number of ether oxygens (including phenoxy) is 3. The van der Waals surface area contributed by atoms with Gasteiger partial charge >= 0.3 is 0 Å². The highest BCUT2D eigenvalue weighted by Gasteiger charge is 2.17. The van der Waals surface area contributed by atoms with Crippen LogP contribution in [-0.2, 0) is 11.3 Å². The maximum absolute atomic E-state index is 5.86. The van der Waals surface area contributed by atoms with E-state index in [1.165, 1.54) is 0 Å². The molecule has 4 rings (SSSR count). The van der Waals surface area contributed by atoms with Gasteiger partial charge in [0.05, 0.1) is 11.9 Å². The van der Waals surface area contributed by atoms with Crippen LogP contribution in [0.3, 0.4) is 0 Å². The highest BCUT2D eigenvalue weighted by atomic mass is 16.7. The average molecular weight is 312 g/mol. The highest BCUT2D eigenvalue weighted by molar-refractivity contribution is 5.93. The molecule has 1 aromatic carbocycles. The first-order valence-corrected chi connectivity index (χ1v) is 7.45. The molecule has 0 spiro atoms. The highest BCUT2D eigenvalue weighted by Crippen LogP contribution is 2.38. The zero-order chi connectivity index (χ0) is 15.6. The number of nitrogens with one attached hydrogen (secondary N) is 1. The third-order valence-electron chi connectivity index (χ3n) is 3.65. The Morgan fingerprint density at radius 1 is 1.22 bits per heavy atom. The summed E-state index contributed by atoms with van der Waals surface area (Å²) in [5.74, 6) is 2.23. The fraction of sp³-hybridized carbons (Fsp3) is 0.235. The molecule has 0 radical (unpaired) electrons. The molecule has 0 saturated heterocycles. The van der Waals surface area contributed by atoms with E-state index < -0.39 is 0 Å². The van der Waals surface area contributed by atoms with Gasteiger partial charge in [0, 0.05) is 29.9 Å². The van der Waals surface area contributed by atoms with E-state index in [1.54, 1.807) is 12.4 Å². The third kappa shape index (κ3) is 2.57. The van der Waals surface area contributed by atoms with Crippen LogP contribution in [0.15, 0.2) is 41.1 Å². The second-order valence-corrected chi connectivity index (χ2v) is 5.10. The number of pyridine rings is 1. The second kappa shape index (κ2) is 5.81. The number of hydrogen-bond donors (Lipinski definition) is 1. The third-order valence-corrected chi connectivity index (χ3v) is 3.65. The summed E-state index contributed by atoms with van der Waals surface area (Å²) < 4.78 is 22.1. The van der Waals surface area contributed by atoms with Crippen LogP contribution < -0.4 is 14.8 Å². The molecule has 0 fully saturated rings. The standard InChI is InChI=1S/C17H16N2O4/c1-2-20-9-16-17(12-5-6-18-8-15(12)23-16)19-11-3-4-13-14(7-11)22-10-21-13/h3-8,19H,2,9-10H2,1H3. The first-order valence-electron chi connectivity index (χ1n) is 7.45. The summed E-state index contributed by atoms with van der Waals surface area (Å²) in [4.78, 5) is 4.10. The first kappa shape index (κ1) is 13.9. The van der Waals surface area contributed by atoms with Gasteiger partial charge in [-0.1, -0.05) is 0 Å². The van der Waals surface area contributed by atoms with Crippen molar-refractivity contribution in [3.63, 3.8) is 0 Å². The lowest BCUT2D eigenvalue weighted by Crippen LogP contribution is -1.96. The predicted molar refractivity (Wildman–Crippen MR) is 85.2 cm³/mol. The van der Waals surface area contributed by atoms with E-state index >= 15 is 0 Å². The van der Waals surface area contributed by atoms with E-state index in [2.05, 4.69) is 10.3 Å². The molecule has 1 aliphatic heterocycles. The molecule has 6 nitrogen and oxygen atoms in total. The van der Waals surface area contributed by atoms with E-state index in [0.29, 0.717) is 13.2 Å². The molecule has 3 heterocycles. The van der Waals surface area contributed by atoms with Crippen LogP contribution in [0.4, 0.5) is 11.4 Å². The minimum absolute atomic E-state index is 0.259. The fourth-order valence-electron chi connectivity index (χ4n) is 2.55. The van der Waals surface area contributed by atoms with E-state index in [1.807, 2.05) is 31.2 Å². The Balaban J connectivity index is 1.72. The number of aromatic nitrogens is 1. The smallest absolute Gasteiger partial charge is 0.231 e. The quantitative estimate of drug-likeness (QED) is 0.772. The van der Waals surface area contributed by atoms with Crippen molar-refractivity contribution in [3.05, 3.63) is 42.4 Å². The van der Waals surface area contributed by atoms with Crippen LogP contribution in [0.2, 0.25) is 0 Å². The van der Waals surface area contributed by atoms with Gasteiger partial charge in [0.15, 0.2) is 22.8 Å². The lowest BCUT2D eigenvalue weighted by atomic mass is 10.2. The topological polar surface area (TPSA) is 65.8 Å². The Morgan fingerprint density at radius 3 is 3.04 bits per heavy atom. The number of hydrogen-bond acceptors (Lipinski definition) is 6.